The van der Waals surface area contributed by atoms with Gasteiger partial charge in [0.1, 0.15) is 12.5 Å². The fourth-order valence-corrected chi connectivity index (χ4v) is 1.90. The Morgan fingerprint density at radius 3 is 2.63 bits per heavy atom. The lowest BCUT2D eigenvalue weighted by atomic mass is 9.84. The maximum atomic E-state index is 14.0. The van der Waals surface area contributed by atoms with E-state index >= 15 is 0 Å². The summed E-state index contributed by atoms with van der Waals surface area (Å²) < 4.78 is 59.4. The van der Waals surface area contributed by atoms with Gasteiger partial charge in [-0.05, 0) is 18.2 Å². The van der Waals surface area contributed by atoms with Crippen LogP contribution >= 0.6 is 0 Å². The van der Waals surface area contributed by atoms with Crippen LogP contribution in [0.3, 0.4) is 0 Å². The van der Waals surface area contributed by atoms with E-state index in [9.17, 15) is 17.6 Å². The first-order valence-corrected chi connectivity index (χ1v) is 5.30. The minimum Gasteiger partial charge on any atom is -0.459 e. The van der Waals surface area contributed by atoms with Gasteiger partial charge in [0.05, 0.1) is 0 Å². The number of aliphatic imine (C=N–C) groups is 1. The normalized spacial score (nSPS) is 25.6. The van der Waals surface area contributed by atoms with Crippen LogP contribution in [0.4, 0.5) is 23.2 Å². The molecular formula is C11H11F4N3O. The first-order valence-electron chi connectivity index (χ1n) is 5.30. The Morgan fingerprint density at radius 2 is 2.00 bits per heavy atom. The average Bonchev–Trinajstić information content (AvgIpc) is 2.35. The van der Waals surface area contributed by atoms with Gasteiger partial charge in [-0.3, -0.25) is 0 Å². The molecule has 0 fully saturated rings. The quantitative estimate of drug-likeness (QED) is 0.636. The molecule has 8 heteroatoms. The predicted octanol–water partition coefficient (Wildman–Crippen LogP) is 1.55. The first-order chi connectivity index (χ1) is 8.82. The summed E-state index contributed by atoms with van der Waals surface area (Å²) in [6.45, 7) is -2.81. The second-order valence-electron chi connectivity index (χ2n) is 4.18. The second kappa shape index (κ2) is 4.29. The smallest absolute Gasteiger partial charge is 0.313 e. The van der Waals surface area contributed by atoms with E-state index in [-0.39, 0.29) is 5.69 Å². The third kappa shape index (κ3) is 1.96. The lowest BCUT2D eigenvalue weighted by molar-refractivity contribution is -0.129. The Balaban J connectivity index is 2.70. The number of amidine groups is 1. The first kappa shape index (κ1) is 13.4. The number of ether oxygens (including phenoxy) is 1. The summed E-state index contributed by atoms with van der Waals surface area (Å²) in [6.07, 6.45) is 0. The molecule has 0 radical (unpaired) electrons. The Morgan fingerprint density at radius 1 is 1.32 bits per heavy atom. The van der Waals surface area contributed by atoms with Gasteiger partial charge in [-0.2, -0.15) is 8.78 Å². The lowest BCUT2D eigenvalue weighted by Gasteiger charge is -2.38. The molecule has 104 valence electrons. The number of benzene rings is 1. The van der Waals surface area contributed by atoms with Gasteiger partial charge in [0.15, 0.2) is 12.1 Å². The van der Waals surface area contributed by atoms with Gasteiger partial charge >= 0.3 is 5.92 Å². The van der Waals surface area contributed by atoms with Crippen molar-refractivity contribution in [2.24, 2.45) is 10.7 Å². The third-order valence-electron chi connectivity index (χ3n) is 2.94. The highest BCUT2D eigenvalue weighted by Crippen LogP contribution is 2.45. The molecule has 0 aromatic heterocycles. The molecule has 2 rings (SSSR count). The number of rotatable bonds is 2. The van der Waals surface area contributed by atoms with Crippen LogP contribution in [-0.4, -0.2) is 25.2 Å². The van der Waals surface area contributed by atoms with Crippen molar-refractivity contribution >= 4 is 11.7 Å². The molecule has 0 amide bonds. The van der Waals surface area contributed by atoms with E-state index in [1.807, 2.05) is 0 Å². The molecule has 4 N–H and O–H groups in total. The predicted molar refractivity (Wildman–Crippen MR) is 61.0 cm³/mol. The Bertz CT molecular complexity index is 535. The molecule has 0 spiro atoms. The molecule has 1 aliphatic rings. The largest absolute Gasteiger partial charge is 0.459 e. The van der Waals surface area contributed by atoms with Crippen molar-refractivity contribution in [2.45, 2.75) is 11.5 Å². The van der Waals surface area contributed by atoms with E-state index in [0.29, 0.717) is 0 Å². The monoisotopic (exact) mass is 277 g/mol. The van der Waals surface area contributed by atoms with Gasteiger partial charge in [0, 0.05) is 11.3 Å². The SMILES string of the molecule is NC1=NC(CF)(c2cc(N)ccc2F)C(F)(F)CO1. The van der Waals surface area contributed by atoms with E-state index in [4.69, 9.17) is 11.5 Å². The van der Waals surface area contributed by atoms with Crippen molar-refractivity contribution in [3.05, 3.63) is 29.6 Å². The van der Waals surface area contributed by atoms with Crippen molar-refractivity contribution in [1.29, 1.82) is 0 Å². The Hall–Kier alpha value is -1.99. The van der Waals surface area contributed by atoms with Crippen molar-refractivity contribution in [1.82, 2.24) is 0 Å². The molecule has 19 heavy (non-hydrogen) atoms. The molecule has 1 aromatic rings. The highest BCUT2D eigenvalue weighted by Gasteiger charge is 2.60. The van der Waals surface area contributed by atoms with Gasteiger partial charge in [0.25, 0.3) is 6.02 Å². The van der Waals surface area contributed by atoms with E-state index < -0.39 is 42.1 Å². The Labute approximate surface area is 106 Å². The number of hydrogen-bond donors (Lipinski definition) is 2. The number of nitrogens with zero attached hydrogens (tertiary/aromatic N) is 1. The molecule has 0 saturated heterocycles. The molecule has 1 aromatic carbocycles. The maximum absolute atomic E-state index is 14.0. The van der Waals surface area contributed by atoms with Crippen molar-refractivity contribution in [3.63, 3.8) is 0 Å². The zero-order chi connectivity index (χ0) is 14.3. The highest BCUT2D eigenvalue weighted by molar-refractivity contribution is 5.73. The van der Waals surface area contributed by atoms with Gasteiger partial charge in [-0.1, -0.05) is 0 Å². The van der Waals surface area contributed by atoms with Crippen molar-refractivity contribution < 1.29 is 22.3 Å². The van der Waals surface area contributed by atoms with Crippen LogP contribution in [0, 0.1) is 5.82 Å². The van der Waals surface area contributed by atoms with Crippen LogP contribution in [0.5, 0.6) is 0 Å². The Kier molecular flexibility index (Phi) is 3.03. The van der Waals surface area contributed by atoms with E-state index in [1.54, 1.807) is 0 Å². The lowest BCUT2D eigenvalue weighted by Crippen LogP contribution is -2.54. The molecule has 1 unspecified atom stereocenters. The van der Waals surface area contributed by atoms with Crippen LogP contribution in [0.25, 0.3) is 0 Å². The zero-order valence-electron chi connectivity index (χ0n) is 9.67. The molecule has 1 atom stereocenters. The van der Waals surface area contributed by atoms with Crippen LogP contribution in [-0.2, 0) is 10.3 Å². The summed E-state index contributed by atoms with van der Waals surface area (Å²) in [5.74, 6) is -4.79. The number of nitrogens with two attached hydrogens (primary N) is 2. The van der Waals surface area contributed by atoms with Crippen molar-refractivity contribution in [2.75, 3.05) is 19.0 Å². The standard InChI is InChI=1S/C11H11F4N3O/c12-4-10(7-3-6(16)1-2-8(7)13)11(14,15)5-19-9(17)18-10/h1-3H,4-5,16H2,(H2,17,18). The molecular weight excluding hydrogens is 266 g/mol. The minimum atomic E-state index is -3.75. The maximum Gasteiger partial charge on any atom is 0.313 e. The fourth-order valence-electron chi connectivity index (χ4n) is 1.90. The van der Waals surface area contributed by atoms with Crippen LogP contribution in [0.1, 0.15) is 5.56 Å². The average molecular weight is 277 g/mol. The molecule has 1 heterocycles. The van der Waals surface area contributed by atoms with Gasteiger partial charge in [0.2, 0.25) is 0 Å². The van der Waals surface area contributed by atoms with E-state index in [0.717, 1.165) is 12.1 Å². The molecule has 0 saturated carbocycles. The van der Waals surface area contributed by atoms with Gasteiger partial charge < -0.3 is 16.2 Å². The van der Waals surface area contributed by atoms with E-state index in [2.05, 4.69) is 9.73 Å². The summed E-state index contributed by atoms with van der Waals surface area (Å²) >= 11 is 0. The van der Waals surface area contributed by atoms with Crippen LogP contribution < -0.4 is 11.5 Å². The summed E-state index contributed by atoms with van der Waals surface area (Å²) in [7, 11) is 0. The fraction of sp³-hybridized carbons (Fsp3) is 0.364. The number of alkyl halides is 3. The number of hydrogen-bond acceptors (Lipinski definition) is 4. The number of anilines is 1. The summed E-state index contributed by atoms with van der Waals surface area (Å²) in [4.78, 5) is 3.31. The van der Waals surface area contributed by atoms with Crippen LogP contribution in [0.15, 0.2) is 23.2 Å². The summed E-state index contributed by atoms with van der Waals surface area (Å²) in [6, 6.07) is 2.35. The number of halogens is 4. The zero-order valence-corrected chi connectivity index (χ0v) is 9.67. The molecule has 0 aliphatic carbocycles. The van der Waals surface area contributed by atoms with E-state index in [1.165, 1.54) is 6.07 Å². The van der Waals surface area contributed by atoms with Gasteiger partial charge in [-0.15, -0.1) is 0 Å². The summed E-state index contributed by atoms with van der Waals surface area (Å²) in [5, 5.41) is 0. The topological polar surface area (TPSA) is 73.6 Å². The van der Waals surface area contributed by atoms with Crippen LogP contribution in [0.2, 0.25) is 0 Å². The second-order valence-corrected chi connectivity index (χ2v) is 4.18. The molecule has 1 aliphatic heterocycles. The molecule has 4 nitrogen and oxygen atoms in total. The van der Waals surface area contributed by atoms with Crippen molar-refractivity contribution in [3.8, 4) is 0 Å². The van der Waals surface area contributed by atoms with Gasteiger partial charge in [-0.25, -0.2) is 13.8 Å². The third-order valence-corrected chi connectivity index (χ3v) is 2.94. The minimum absolute atomic E-state index is 0.0142. The molecule has 0 bridgehead atoms. The number of nitrogen functional groups attached to an aromatic ring is 1. The highest BCUT2D eigenvalue weighted by atomic mass is 19.3. The summed E-state index contributed by atoms with van der Waals surface area (Å²) in [5.41, 5.74) is 7.24.